The van der Waals surface area contributed by atoms with Crippen LogP contribution in [0.1, 0.15) is 25.8 Å². The minimum atomic E-state index is -4.71. The van der Waals surface area contributed by atoms with Crippen LogP contribution in [0, 0.1) is 0 Å². The second-order valence-corrected chi connectivity index (χ2v) is 6.59. The van der Waals surface area contributed by atoms with E-state index in [0.717, 1.165) is 18.2 Å². The van der Waals surface area contributed by atoms with Crippen LogP contribution in [0.25, 0.3) is 0 Å². The van der Waals surface area contributed by atoms with Crippen LogP contribution in [0.2, 0.25) is 0 Å². The lowest BCUT2D eigenvalue weighted by Crippen LogP contribution is -2.38. The predicted molar refractivity (Wildman–Crippen MR) is 66.4 cm³/mol. The average Bonchev–Trinajstić information content (AvgIpc) is 2.35. The van der Waals surface area contributed by atoms with Crippen molar-refractivity contribution in [3.05, 3.63) is 29.8 Å². The van der Waals surface area contributed by atoms with Crippen molar-refractivity contribution in [1.29, 1.82) is 0 Å². The molecule has 0 spiro atoms. The summed E-state index contributed by atoms with van der Waals surface area (Å²) in [6.45, 7) is 3.02. The molecule has 2 unspecified atom stereocenters. The van der Waals surface area contributed by atoms with Crippen LogP contribution in [-0.2, 0) is 16.0 Å². The largest absolute Gasteiger partial charge is 0.417 e. The lowest BCUT2D eigenvalue weighted by Gasteiger charge is -2.21. The van der Waals surface area contributed by atoms with E-state index in [1.807, 2.05) is 0 Å². The summed E-state index contributed by atoms with van der Waals surface area (Å²) in [7, 11) is -4.11. The Balaban J connectivity index is 3.38. The summed E-state index contributed by atoms with van der Waals surface area (Å²) in [6.07, 6.45) is -4.34. The van der Waals surface area contributed by atoms with Crippen molar-refractivity contribution >= 4 is 9.84 Å². The number of benzene rings is 1. The molecule has 0 amide bonds. The Morgan fingerprint density at radius 1 is 1.26 bits per heavy atom. The van der Waals surface area contributed by atoms with Gasteiger partial charge in [0.2, 0.25) is 0 Å². The molecule has 0 aliphatic heterocycles. The van der Waals surface area contributed by atoms with Gasteiger partial charge in [-0.2, -0.15) is 13.2 Å². The topological polar surface area (TPSA) is 60.2 Å². The second kappa shape index (κ2) is 5.50. The molecule has 0 bridgehead atoms. The van der Waals surface area contributed by atoms with E-state index in [4.69, 9.17) is 5.73 Å². The molecule has 0 heterocycles. The first-order valence-electron chi connectivity index (χ1n) is 5.78. The summed E-state index contributed by atoms with van der Waals surface area (Å²) >= 11 is 0. The Hall–Kier alpha value is -1.08. The van der Waals surface area contributed by atoms with Gasteiger partial charge in [-0.15, -0.1) is 0 Å². The third-order valence-corrected chi connectivity index (χ3v) is 5.36. The van der Waals surface area contributed by atoms with Crippen LogP contribution in [0.5, 0.6) is 0 Å². The molecule has 0 radical (unpaired) electrons. The fourth-order valence-corrected chi connectivity index (χ4v) is 3.52. The minimum Gasteiger partial charge on any atom is -0.327 e. The number of halogens is 3. The Kier molecular flexibility index (Phi) is 4.63. The maximum atomic E-state index is 12.8. The Morgan fingerprint density at radius 3 is 2.26 bits per heavy atom. The van der Waals surface area contributed by atoms with E-state index >= 15 is 0 Å². The molecule has 0 saturated heterocycles. The fraction of sp³-hybridized carbons (Fsp3) is 0.500. The lowest BCUT2D eigenvalue weighted by molar-refractivity contribution is -0.139. The van der Waals surface area contributed by atoms with E-state index in [1.54, 1.807) is 6.92 Å². The molecule has 1 rings (SSSR count). The number of rotatable bonds is 4. The number of hydrogen-bond acceptors (Lipinski definition) is 3. The van der Waals surface area contributed by atoms with Gasteiger partial charge in [0.1, 0.15) is 0 Å². The van der Waals surface area contributed by atoms with E-state index in [9.17, 15) is 21.6 Å². The molecule has 1 aromatic carbocycles. The van der Waals surface area contributed by atoms with Gasteiger partial charge < -0.3 is 5.73 Å². The van der Waals surface area contributed by atoms with Gasteiger partial charge in [0.15, 0.2) is 9.84 Å². The average molecular weight is 295 g/mol. The van der Waals surface area contributed by atoms with Crippen molar-refractivity contribution in [3.8, 4) is 0 Å². The molecule has 1 aromatic rings. The smallest absolute Gasteiger partial charge is 0.327 e. The number of nitrogens with two attached hydrogens (primary N) is 1. The van der Waals surface area contributed by atoms with Crippen LogP contribution in [-0.4, -0.2) is 19.7 Å². The molecule has 0 fully saturated rings. The molecule has 0 aliphatic rings. The van der Waals surface area contributed by atoms with E-state index in [2.05, 4.69) is 0 Å². The molecule has 19 heavy (non-hydrogen) atoms. The quantitative estimate of drug-likeness (QED) is 0.929. The van der Waals surface area contributed by atoms with Gasteiger partial charge in [-0.05, 0) is 25.5 Å². The Bertz CT molecular complexity index is 540. The fourth-order valence-electron chi connectivity index (χ4n) is 1.71. The van der Waals surface area contributed by atoms with Gasteiger partial charge in [-0.3, -0.25) is 0 Å². The van der Waals surface area contributed by atoms with Crippen LogP contribution in [0.15, 0.2) is 29.2 Å². The van der Waals surface area contributed by atoms with Crippen LogP contribution >= 0.6 is 0 Å². The molecular formula is C12H16F3NO2S. The first-order chi connectivity index (χ1) is 8.62. The standard InChI is InChI=1S/C12H16F3NO2S/c1-3-10(16)8(2)19(17,18)11-7-5-4-6-9(11)12(13,14)15/h4-8,10H,3,16H2,1-2H3. The van der Waals surface area contributed by atoms with Gasteiger partial charge in [-0.25, -0.2) is 8.42 Å². The van der Waals surface area contributed by atoms with Crippen molar-refractivity contribution in [1.82, 2.24) is 0 Å². The second-order valence-electron chi connectivity index (χ2n) is 4.32. The monoisotopic (exact) mass is 295 g/mol. The number of hydrogen-bond donors (Lipinski definition) is 1. The van der Waals surface area contributed by atoms with E-state index in [0.29, 0.717) is 6.42 Å². The summed E-state index contributed by atoms with van der Waals surface area (Å²) in [4.78, 5) is -0.709. The first kappa shape index (κ1) is 16.0. The molecule has 3 nitrogen and oxygen atoms in total. The highest BCUT2D eigenvalue weighted by atomic mass is 32.2. The SMILES string of the molecule is CCC(N)C(C)S(=O)(=O)c1ccccc1C(F)(F)F. The molecule has 108 valence electrons. The van der Waals surface area contributed by atoms with Crippen LogP contribution < -0.4 is 5.73 Å². The number of alkyl halides is 3. The van der Waals surface area contributed by atoms with E-state index in [1.165, 1.54) is 13.0 Å². The maximum Gasteiger partial charge on any atom is 0.417 e. The summed E-state index contributed by atoms with van der Waals surface area (Å²) in [6, 6.07) is 3.46. The summed E-state index contributed by atoms with van der Waals surface area (Å²) in [5, 5.41) is -1.07. The Morgan fingerprint density at radius 2 is 1.79 bits per heavy atom. The predicted octanol–water partition coefficient (Wildman–Crippen LogP) is 2.60. The van der Waals surface area contributed by atoms with E-state index in [-0.39, 0.29) is 0 Å². The zero-order valence-corrected chi connectivity index (χ0v) is 11.4. The maximum absolute atomic E-state index is 12.8. The van der Waals surface area contributed by atoms with Crippen molar-refractivity contribution in [2.45, 2.75) is 42.6 Å². The Labute approximate surface area is 110 Å². The third-order valence-electron chi connectivity index (χ3n) is 3.06. The third kappa shape index (κ3) is 3.27. The molecule has 2 atom stereocenters. The van der Waals surface area contributed by atoms with Gasteiger partial charge in [0, 0.05) is 6.04 Å². The van der Waals surface area contributed by atoms with Crippen LogP contribution in [0.4, 0.5) is 13.2 Å². The van der Waals surface area contributed by atoms with Gasteiger partial charge in [0.05, 0.1) is 15.7 Å². The summed E-state index contributed by atoms with van der Waals surface area (Å²) < 4.78 is 62.9. The molecule has 2 N–H and O–H groups in total. The highest BCUT2D eigenvalue weighted by Gasteiger charge is 2.39. The summed E-state index contributed by atoms with van der Waals surface area (Å²) in [5.41, 5.74) is 4.49. The van der Waals surface area contributed by atoms with Gasteiger partial charge in [-0.1, -0.05) is 19.1 Å². The molecule has 0 aliphatic carbocycles. The highest BCUT2D eigenvalue weighted by Crippen LogP contribution is 2.35. The van der Waals surface area contributed by atoms with Crippen LogP contribution in [0.3, 0.4) is 0 Å². The molecule has 0 aromatic heterocycles. The zero-order chi connectivity index (χ0) is 14.8. The van der Waals surface area contributed by atoms with Crippen molar-refractivity contribution in [2.24, 2.45) is 5.73 Å². The normalized spacial score (nSPS) is 16.1. The van der Waals surface area contributed by atoms with Gasteiger partial charge in [0.25, 0.3) is 0 Å². The number of sulfone groups is 1. The van der Waals surface area contributed by atoms with Crippen molar-refractivity contribution < 1.29 is 21.6 Å². The van der Waals surface area contributed by atoms with Crippen molar-refractivity contribution in [3.63, 3.8) is 0 Å². The zero-order valence-electron chi connectivity index (χ0n) is 10.6. The van der Waals surface area contributed by atoms with E-state index < -0.39 is 37.8 Å². The summed E-state index contributed by atoms with van der Waals surface area (Å²) in [5.74, 6) is 0. The molecule has 7 heteroatoms. The first-order valence-corrected chi connectivity index (χ1v) is 7.32. The highest BCUT2D eigenvalue weighted by molar-refractivity contribution is 7.92. The van der Waals surface area contributed by atoms with Gasteiger partial charge >= 0.3 is 6.18 Å². The lowest BCUT2D eigenvalue weighted by atomic mass is 10.2. The molecule has 0 saturated carbocycles. The minimum absolute atomic E-state index is 0.370. The molecular weight excluding hydrogens is 279 g/mol. The van der Waals surface area contributed by atoms with Crippen molar-refractivity contribution in [2.75, 3.05) is 0 Å².